The Morgan fingerprint density at radius 1 is 1.44 bits per heavy atom. The van der Waals surface area contributed by atoms with Gasteiger partial charge >= 0.3 is 0 Å². The van der Waals surface area contributed by atoms with Crippen LogP contribution in [0.3, 0.4) is 0 Å². The lowest BCUT2D eigenvalue weighted by Crippen LogP contribution is -2.33. The first kappa shape index (κ1) is 10.9. The standard InChI is InChI=1S/C12H16N2O2/c1-12(2,9-6-7-9)13-10-4-3-5-11(8-10)14(15)16/h3-5,8-9,13H,6-7H2,1-2H3. The first-order valence-corrected chi connectivity index (χ1v) is 5.52. The van der Waals surface area contributed by atoms with Gasteiger partial charge in [-0.2, -0.15) is 0 Å². The van der Waals surface area contributed by atoms with E-state index in [9.17, 15) is 10.1 Å². The van der Waals surface area contributed by atoms with Crippen LogP contribution in [0.4, 0.5) is 11.4 Å². The highest BCUT2D eigenvalue weighted by atomic mass is 16.6. The van der Waals surface area contributed by atoms with Crippen molar-refractivity contribution in [2.24, 2.45) is 5.92 Å². The van der Waals surface area contributed by atoms with Crippen molar-refractivity contribution in [1.82, 2.24) is 0 Å². The largest absolute Gasteiger partial charge is 0.380 e. The summed E-state index contributed by atoms with van der Waals surface area (Å²) in [7, 11) is 0. The Hall–Kier alpha value is -1.58. The van der Waals surface area contributed by atoms with Crippen LogP contribution in [0, 0.1) is 16.0 Å². The zero-order valence-electron chi connectivity index (χ0n) is 9.56. The first-order valence-electron chi connectivity index (χ1n) is 5.52. The van der Waals surface area contributed by atoms with Crippen LogP contribution >= 0.6 is 0 Å². The number of non-ortho nitro benzene ring substituents is 1. The van der Waals surface area contributed by atoms with E-state index in [1.807, 2.05) is 6.07 Å². The minimum atomic E-state index is -0.366. The molecule has 1 aromatic carbocycles. The smallest absolute Gasteiger partial charge is 0.271 e. The molecule has 16 heavy (non-hydrogen) atoms. The van der Waals surface area contributed by atoms with Gasteiger partial charge in [-0.05, 0) is 38.7 Å². The predicted molar refractivity (Wildman–Crippen MR) is 63.5 cm³/mol. The van der Waals surface area contributed by atoms with Crippen LogP contribution in [0.1, 0.15) is 26.7 Å². The Kier molecular flexibility index (Phi) is 2.58. The van der Waals surface area contributed by atoms with E-state index in [1.54, 1.807) is 12.1 Å². The molecule has 1 aliphatic carbocycles. The normalized spacial score (nSPS) is 15.9. The highest BCUT2D eigenvalue weighted by Gasteiger charge is 2.37. The lowest BCUT2D eigenvalue weighted by atomic mass is 9.98. The van der Waals surface area contributed by atoms with Crippen molar-refractivity contribution in [3.8, 4) is 0 Å². The molecule has 1 aromatic rings. The Morgan fingerprint density at radius 2 is 2.12 bits per heavy atom. The molecule has 86 valence electrons. The maximum atomic E-state index is 10.6. The molecule has 0 unspecified atom stereocenters. The molecular formula is C12H16N2O2. The maximum absolute atomic E-state index is 10.6. The number of nitrogens with zero attached hydrogens (tertiary/aromatic N) is 1. The van der Waals surface area contributed by atoms with Gasteiger partial charge in [0.15, 0.2) is 0 Å². The second-order valence-corrected chi connectivity index (χ2v) is 4.93. The van der Waals surface area contributed by atoms with Crippen molar-refractivity contribution >= 4 is 11.4 Å². The molecule has 4 heteroatoms. The molecule has 0 spiro atoms. The Bertz CT molecular complexity index is 411. The average Bonchev–Trinajstić information content (AvgIpc) is 3.00. The highest BCUT2D eigenvalue weighted by molar-refractivity contribution is 5.52. The second-order valence-electron chi connectivity index (χ2n) is 4.93. The topological polar surface area (TPSA) is 55.2 Å². The summed E-state index contributed by atoms with van der Waals surface area (Å²) in [4.78, 5) is 10.3. The minimum absolute atomic E-state index is 0.0230. The van der Waals surface area contributed by atoms with Gasteiger partial charge in [0.25, 0.3) is 5.69 Å². The fraction of sp³-hybridized carbons (Fsp3) is 0.500. The summed E-state index contributed by atoms with van der Waals surface area (Å²) in [6.07, 6.45) is 2.49. The molecule has 0 aliphatic heterocycles. The molecule has 4 nitrogen and oxygen atoms in total. The highest BCUT2D eigenvalue weighted by Crippen LogP contribution is 2.41. The third kappa shape index (κ3) is 2.32. The van der Waals surface area contributed by atoms with Crippen LogP contribution in [0.2, 0.25) is 0 Å². The van der Waals surface area contributed by atoms with E-state index in [0.29, 0.717) is 5.92 Å². The molecule has 0 saturated heterocycles. The lowest BCUT2D eigenvalue weighted by Gasteiger charge is -2.27. The van der Waals surface area contributed by atoms with Crippen molar-refractivity contribution in [3.63, 3.8) is 0 Å². The molecule has 0 atom stereocenters. The van der Waals surface area contributed by atoms with Crippen LogP contribution < -0.4 is 5.32 Å². The molecule has 0 aromatic heterocycles. The summed E-state index contributed by atoms with van der Waals surface area (Å²) in [5.41, 5.74) is 0.984. The second kappa shape index (κ2) is 3.77. The van der Waals surface area contributed by atoms with Crippen molar-refractivity contribution < 1.29 is 4.92 Å². The molecule has 1 N–H and O–H groups in total. The summed E-state index contributed by atoms with van der Waals surface area (Å²) in [5.74, 6) is 0.687. The van der Waals surface area contributed by atoms with Crippen LogP contribution in [0.15, 0.2) is 24.3 Å². The van der Waals surface area contributed by atoms with Gasteiger partial charge in [-0.25, -0.2) is 0 Å². The zero-order valence-corrected chi connectivity index (χ0v) is 9.56. The minimum Gasteiger partial charge on any atom is -0.380 e. The number of rotatable bonds is 4. The molecule has 2 rings (SSSR count). The van der Waals surface area contributed by atoms with Gasteiger partial charge < -0.3 is 5.32 Å². The zero-order chi connectivity index (χ0) is 11.8. The van der Waals surface area contributed by atoms with Gasteiger partial charge in [0.2, 0.25) is 0 Å². The molecule has 1 saturated carbocycles. The number of hydrogen-bond donors (Lipinski definition) is 1. The van der Waals surface area contributed by atoms with Crippen LogP contribution in [-0.2, 0) is 0 Å². The van der Waals surface area contributed by atoms with Gasteiger partial charge in [0, 0.05) is 23.4 Å². The maximum Gasteiger partial charge on any atom is 0.271 e. The van der Waals surface area contributed by atoms with E-state index < -0.39 is 0 Å². The van der Waals surface area contributed by atoms with Gasteiger partial charge in [-0.3, -0.25) is 10.1 Å². The van der Waals surface area contributed by atoms with E-state index in [4.69, 9.17) is 0 Å². The summed E-state index contributed by atoms with van der Waals surface area (Å²) < 4.78 is 0. The summed E-state index contributed by atoms with van der Waals surface area (Å²) in [6.45, 7) is 4.28. The van der Waals surface area contributed by atoms with Crippen LogP contribution in [-0.4, -0.2) is 10.5 Å². The summed E-state index contributed by atoms with van der Waals surface area (Å²) >= 11 is 0. The van der Waals surface area contributed by atoms with E-state index in [0.717, 1.165) is 5.69 Å². The van der Waals surface area contributed by atoms with Crippen molar-refractivity contribution in [2.75, 3.05) is 5.32 Å². The first-order chi connectivity index (χ1) is 7.49. The van der Waals surface area contributed by atoms with Crippen molar-refractivity contribution in [1.29, 1.82) is 0 Å². The Balaban J connectivity index is 2.14. The molecule has 0 heterocycles. The third-order valence-corrected chi connectivity index (χ3v) is 3.12. The average molecular weight is 220 g/mol. The van der Waals surface area contributed by atoms with E-state index >= 15 is 0 Å². The quantitative estimate of drug-likeness (QED) is 0.626. The van der Waals surface area contributed by atoms with E-state index in [1.165, 1.54) is 18.9 Å². The van der Waals surface area contributed by atoms with E-state index in [-0.39, 0.29) is 16.1 Å². The molecular weight excluding hydrogens is 204 g/mol. The van der Waals surface area contributed by atoms with Crippen LogP contribution in [0.25, 0.3) is 0 Å². The number of nitrogens with one attached hydrogen (secondary N) is 1. The fourth-order valence-corrected chi connectivity index (χ4v) is 1.98. The van der Waals surface area contributed by atoms with Gasteiger partial charge in [-0.15, -0.1) is 0 Å². The molecule has 0 bridgehead atoms. The summed E-state index contributed by atoms with van der Waals surface area (Å²) in [6, 6.07) is 6.68. The number of hydrogen-bond acceptors (Lipinski definition) is 3. The number of benzene rings is 1. The lowest BCUT2D eigenvalue weighted by molar-refractivity contribution is -0.384. The molecule has 1 fully saturated rings. The number of nitro groups is 1. The van der Waals surface area contributed by atoms with E-state index in [2.05, 4.69) is 19.2 Å². The molecule has 0 amide bonds. The van der Waals surface area contributed by atoms with Gasteiger partial charge in [0.05, 0.1) is 4.92 Å². The number of anilines is 1. The molecule has 1 aliphatic rings. The Labute approximate surface area is 94.8 Å². The molecule has 0 radical (unpaired) electrons. The Morgan fingerprint density at radius 3 is 2.69 bits per heavy atom. The van der Waals surface area contributed by atoms with Crippen molar-refractivity contribution in [3.05, 3.63) is 34.4 Å². The third-order valence-electron chi connectivity index (χ3n) is 3.12. The predicted octanol–water partition coefficient (Wildman–Crippen LogP) is 3.20. The monoisotopic (exact) mass is 220 g/mol. The summed E-state index contributed by atoms with van der Waals surface area (Å²) in [5, 5.41) is 14.0. The van der Waals surface area contributed by atoms with Crippen molar-refractivity contribution in [2.45, 2.75) is 32.2 Å². The SMILES string of the molecule is CC(C)(Nc1cccc([N+](=O)[O-])c1)C1CC1. The fourth-order valence-electron chi connectivity index (χ4n) is 1.98. The van der Waals surface area contributed by atoms with Gasteiger partial charge in [-0.1, -0.05) is 6.07 Å². The van der Waals surface area contributed by atoms with Crippen LogP contribution in [0.5, 0.6) is 0 Å². The van der Waals surface area contributed by atoms with Gasteiger partial charge in [0.1, 0.15) is 0 Å². The number of nitro benzene ring substituents is 1.